The molecule has 1 unspecified atom stereocenters. The summed E-state index contributed by atoms with van der Waals surface area (Å²) in [5, 5.41) is 3.47. The fourth-order valence-corrected chi connectivity index (χ4v) is 3.15. The van der Waals surface area contributed by atoms with E-state index < -0.39 is 12.1 Å². The molecule has 0 aliphatic rings. The number of nitrogens with one attached hydrogen (secondary N) is 1. The van der Waals surface area contributed by atoms with Crippen LogP contribution in [0.3, 0.4) is 0 Å². The smallest absolute Gasteiger partial charge is 0.360 e. The number of amides is 1. The summed E-state index contributed by atoms with van der Waals surface area (Å²) in [7, 11) is 0. The zero-order chi connectivity index (χ0) is 19.4. The van der Waals surface area contributed by atoms with Crippen LogP contribution < -0.4 is 5.32 Å². The van der Waals surface area contributed by atoms with E-state index in [9.17, 15) is 9.59 Å². The molecule has 1 atom stereocenters. The van der Waals surface area contributed by atoms with Crippen LogP contribution in [-0.4, -0.2) is 33.6 Å². The molecule has 6 nitrogen and oxygen atoms in total. The van der Waals surface area contributed by atoms with Crippen molar-refractivity contribution < 1.29 is 14.3 Å². The second-order valence-electron chi connectivity index (χ2n) is 6.15. The van der Waals surface area contributed by atoms with Gasteiger partial charge in [-0.05, 0) is 37.8 Å². The Morgan fingerprint density at radius 3 is 2.67 bits per heavy atom. The van der Waals surface area contributed by atoms with Crippen molar-refractivity contribution in [3.8, 4) is 0 Å². The highest BCUT2D eigenvalue weighted by atomic mass is 32.2. The second-order valence-corrected chi connectivity index (χ2v) is 6.93. The number of pyridine rings is 1. The van der Waals surface area contributed by atoms with Gasteiger partial charge in [0.1, 0.15) is 0 Å². The van der Waals surface area contributed by atoms with E-state index in [4.69, 9.17) is 4.74 Å². The highest BCUT2D eigenvalue weighted by molar-refractivity contribution is 7.98. The molecule has 27 heavy (non-hydrogen) atoms. The van der Waals surface area contributed by atoms with Gasteiger partial charge in [0.15, 0.2) is 17.0 Å². The summed E-state index contributed by atoms with van der Waals surface area (Å²) in [5.74, 6) is -0.963. The number of rotatable bonds is 6. The van der Waals surface area contributed by atoms with Crippen molar-refractivity contribution in [2.45, 2.75) is 31.7 Å². The molecule has 0 bridgehead atoms. The van der Waals surface area contributed by atoms with E-state index in [2.05, 4.69) is 10.3 Å². The predicted octanol–water partition coefficient (Wildman–Crippen LogP) is 3.23. The number of carbonyl (C=O) groups excluding carboxylic acids is 2. The van der Waals surface area contributed by atoms with Crippen LogP contribution in [0.4, 0.5) is 0 Å². The maximum absolute atomic E-state index is 12.5. The van der Waals surface area contributed by atoms with Gasteiger partial charge in [-0.1, -0.05) is 47.7 Å². The number of nitrogens with zero attached hydrogens (tertiary/aromatic N) is 2. The summed E-state index contributed by atoms with van der Waals surface area (Å²) in [5.41, 5.74) is 3.00. The number of imidazole rings is 1. The number of hydrogen-bond acceptors (Lipinski definition) is 5. The summed E-state index contributed by atoms with van der Waals surface area (Å²) in [6.45, 7) is 3.94. The van der Waals surface area contributed by atoms with Gasteiger partial charge in [0.05, 0.1) is 5.52 Å². The third-order valence-corrected chi connectivity index (χ3v) is 4.79. The van der Waals surface area contributed by atoms with Crippen molar-refractivity contribution in [3.05, 3.63) is 65.5 Å². The van der Waals surface area contributed by atoms with Crippen LogP contribution in [0.2, 0.25) is 0 Å². The number of carbonyl (C=O) groups is 2. The van der Waals surface area contributed by atoms with Crippen LogP contribution in [0.5, 0.6) is 0 Å². The molecule has 1 amide bonds. The van der Waals surface area contributed by atoms with E-state index in [1.807, 2.05) is 60.2 Å². The first-order valence-electron chi connectivity index (χ1n) is 8.55. The number of thioether (sulfide) groups is 1. The van der Waals surface area contributed by atoms with Crippen molar-refractivity contribution in [2.24, 2.45) is 0 Å². The molecule has 3 aromatic rings. The van der Waals surface area contributed by atoms with E-state index in [0.29, 0.717) is 17.2 Å². The SMILES string of the molecule is CSc1nc(C(=O)OC(C)C(=O)NCc2ccc(C)cc2)c2ccccn12. The quantitative estimate of drug-likeness (QED) is 0.523. The molecular formula is C20H21N3O3S. The molecule has 2 aromatic heterocycles. The zero-order valence-electron chi connectivity index (χ0n) is 15.4. The topological polar surface area (TPSA) is 72.7 Å². The Bertz CT molecular complexity index is 966. The van der Waals surface area contributed by atoms with Gasteiger partial charge >= 0.3 is 5.97 Å². The molecule has 0 radical (unpaired) electrons. The van der Waals surface area contributed by atoms with Crippen LogP contribution in [0.1, 0.15) is 28.5 Å². The highest BCUT2D eigenvalue weighted by Crippen LogP contribution is 2.20. The Morgan fingerprint density at radius 1 is 1.22 bits per heavy atom. The number of benzene rings is 1. The Balaban J connectivity index is 1.65. The summed E-state index contributed by atoms with van der Waals surface area (Å²) >= 11 is 1.43. The van der Waals surface area contributed by atoms with Gasteiger partial charge in [-0.2, -0.15) is 0 Å². The Hall–Kier alpha value is -2.80. The Morgan fingerprint density at radius 2 is 1.96 bits per heavy atom. The lowest BCUT2D eigenvalue weighted by Gasteiger charge is -2.13. The van der Waals surface area contributed by atoms with Crippen LogP contribution in [0.15, 0.2) is 53.8 Å². The lowest BCUT2D eigenvalue weighted by atomic mass is 10.1. The van der Waals surface area contributed by atoms with Gasteiger partial charge in [-0.25, -0.2) is 9.78 Å². The zero-order valence-corrected chi connectivity index (χ0v) is 16.2. The minimum absolute atomic E-state index is 0.207. The van der Waals surface area contributed by atoms with Crippen molar-refractivity contribution in [3.63, 3.8) is 0 Å². The molecular weight excluding hydrogens is 362 g/mol. The maximum atomic E-state index is 12.5. The number of ether oxygens (including phenoxy) is 1. The lowest BCUT2D eigenvalue weighted by Crippen LogP contribution is -2.35. The molecule has 7 heteroatoms. The second kappa shape index (κ2) is 8.26. The average Bonchev–Trinajstić information content (AvgIpc) is 3.06. The number of hydrogen-bond donors (Lipinski definition) is 1. The molecule has 0 fully saturated rings. The van der Waals surface area contributed by atoms with Crippen LogP contribution in [0.25, 0.3) is 5.52 Å². The standard InChI is InChI=1S/C20H21N3O3S/c1-13-7-9-15(10-8-13)12-21-18(24)14(2)26-19(25)17-16-6-4-5-11-23(16)20(22-17)27-3/h4-11,14H,12H2,1-3H3,(H,21,24). The van der Waals surface area contributed by atoms with E-state index in [1.165, 1.54) is 11.8 Å². The van der Waals surface area contributed by atoms with Gasteiger partial charge in [-0.15, -0.1) is 0 Å². The number of fused-ring (bicyclic) bond motifs is 1. The normalized spacial score (nSPS) is 12.0. The largest absolute Gasteiger partial charge is 0.448 e. The summed E-state index contributed by atoms with van der Waals surface area (Å²) in [6, 6.07) is 13.4. The molecule has 0 aliphatic heterocycles. The van der Waals surface area contributed by atoms with Gasteiger partial charge in [0.2, 0.25) is 0 Å². The minimum atomic E-state index is -0.916. The average molecular weight is 383 g/mol. The third-order valence-electron chi connectivity index (χ3n) is 4.13. The van der Waals surface area contributed by atoms with Crippen molar-refractivity contribution in [1.82, 2.24) is 14.7 Å². The summed E-state index contributed by atoms with van der Waals surface area (Å²) in [4.78, 5) is 29.1. The Labute approximate surface area is 161 Å². The molecule has 0 saturated carbocycles. The molecule has 0 spiro atoms. The minimum Gasteiger partial charge on any atom is -0.448 e. The number of aryl methyl sites for hydroxylation is 1. The van der Waals surface area contributed by atoms with Crippen LogP contribution >= 0.6 is 11.8 Å². The van der Waals surface area contributed by atoms with Gasteiger partial charge in [0, 0.05) is 12.7 Å². The van der Waals surface area contributed by atoms with E-state index >= 15 is 0 Å². The third kappa shape index (κ3) is 4.31. The molecule has 1 N–H and O–H groups in total. The fraction of sp³-hybridized carbons (Fsp3) is 0.250. The fourth-order valence-electron chi connectivity index (χ4n) is 2.61. The lowest BCUT2D eigenvalue weighted by molar-refractivity contribution is -0.129. The first-order valence-corrected chi connectivity index (χ1v) is 9.77. The first-order chi connectivity index (χ1) is 13.0. The molecule has 3 rings (SSSR count). The van der Waals surface area contributed by atoms with Crippen molar-refractivity contribution in [2.75, 3.05) is 6.26 Å². The summed E-state index contributed by atoms with van der Waals surface area (Å²) < 4.78 is 7.16. The van der Waals surface area contributed by atoms with Gasteiger partial charge < -0.3 is 10.1 Å². The van der Waals surface area contributed by atoms with E-state index in [0.717, 1.165) is 11.1 Å². The van der Waals surface area contributed by atoms with Crippen molar-refractivity contribution in [1.29, 1.82) is 0 Å². The number of esters is 1. The van der Waals surface area contributed by atoms with Crippen LogP contribution in [0, 0.1) is 6.92 Å². The molecule has 0 saturated heterocycles. The molecule has 1 aromatic carbocycles. The van der Waals surface area contributed by atoms with Crippen molar-refractivity contribution >= 4 is 29.2 Å². The van der Waals surface area contributed by atoms with Crippen LogP contribution in [-0.2, 0) is 16.1 Å². The maximum Gasteiger partial charge on any atom is 0.360 e. The van der Waals surface area contributed by atoms with Gasteiger partial charge in [-0.3, -0.25) is 9.20 Å². The first kappa shape index (κ1) is 19.0. The van der Waals surface area contributed by atoms with Gasteiger partial charge in [0.25, 0.3) is 5.91 Å². The van der Waals surface area contributed by atoms with E-state index in [1.54, 1.807) is 13.0 Å². The number of aromatic nitrogens is 2. The monoisotopic (exact) mass is 383 g/mol. The summed E-state index contributed by atoms with van der Waals surface area (Å²) in [6.07, 6.45) is 2.81. The Kier molecular flexibility index (Phi) is 5.81. The highest BCUT2D eigenvalue weighted by Gasteiger charge is 2.23. The molecule has 2 heterocycles. The van der Waals surface area contributed by atoms with E-state index in [-0.39, 0.29) is 11.6 Å². The predicted molar refractivity (Wildman–Crippen MR) is 105 cm³/mol. The molecule has 0 aliphatic carbocycles. The molecule has 140 valence electrons.